The lowest BCUT2D eigenvalue weighted by Crippen LogP contribution is -2.17. The molecule has 1 aliphatic carbocycles. The molecule has 6 nitrogen and oxygen atoms in total. The summed E-state index contributed by atoms with van der Waals surface area (Å²) in [4.78, 5) is 12.2. The normalized spacial score (nSPS) is 13.7. The number of hydrogen-bond acceptors (Lipinski definition) is 5. The Balaban J connectivity index is 1.59. The van der Waals surface area contributed by atoms with Crippen LogP contribution in [0.2, 0.25) is 0 Å². The summed E-state index contributed by atoms with van der Waals surface area (Å²) >= 11 is 0. The van der Waals surface area contributed by atoms with Crippen LogP contribution in [0.3, 0.4) is 0 Å². The van der Waals surface area contributed by atoms with Gasteiger partial charge in [0, 0.05) is 28.5 Å². The van der Waals surface area contributed by atoms with Crippen molar-refractivity contribution in [2.45, 2.75) is 25.7 Å². The zero-order valence-corrected chi connectivity index (χ0v) is 15.0. The van der Waals surface area contributed by atoms with Gasteiger partial charge in [-0.1, -0.05) is 0 Å². The minimum absolute atomic E-state index is 0.110. The minimum atomic E-state index is -0.338. The Hall–Kier alpha value is -3.28. The summed E-state index contributed by atoms with van der Waals surface area (Å²) in [5.74, 6) is 1.43. The average molecular weight is 364 g/mol. The van der Waals surface area contributed by atoms with Crippen molar-refractivity contribution < 1.29 is 19.1 Å². The molecule has 2 aromatic carbocycles. The molecule has 27 heavy (non-hydrogen) atoms. The molecule has 138 valence electrons. The number of rotatable bonds is 4. The van der Waals surface area contributed by atoms with Crippen molar-refractivity contribution in [1.29, 1.82) is 0 Å². The Kier molecular flexibility index (Phi) is 4.54. The summed E-state index contributed by atoms with van der Waals surface area (Å²) in [6.07, 6.45) is 5.52. The number of nitrogens with one attached hydrogen (secondary N) is 1. The first-order valence-corrected chi connectivity index (χ1v) is 8.91. The average Bonchev–Trinajstić information content (AvgIpc) is 3.08. The third-order valence-corrected chi connectivity index (χ3v) is 4.85. The number of amides is 1. The maximum atomic E-state index is 12.2. The van der Waals surface area contributed by atoms with Gasteiger partial charge in [-0.05, 0) is 55.7 Å². The van der Waals surface area contributed by atoms with Gasteiger partial charge in [0.2, 0.25) is 0 Å². The molecule has 1 heterocycles. The molecule has 0 spiro atoms. The number of aromatic hydroxyl groups is 1. The Morgan fingerprint density at radius 1 is 1.19 bits per heavy atom. The highest BCUT2D eigenvalue weighted by Gasteiger charge is 2.21. The van der Waals surface area contributed by atoms with Gasteiger partial charge in [0.15, 0.2) is 0 Å². The number of fused-ring (bicyclic) bond motifs is 3. The summed E-state index contributed by atoms with van der Waals surface area (Å²) in [6, 6.07) is 10.1. The molecule has 3 aromatic rings. The van der Waals surface area contributed by atoms with E-state index in [1.54, 1.807) is 43.5 Å². The smallest absolute Gasteiger partial charge is 0.271 e. The number of phenols is 1. The summed E-state index contributed by atoms with van der Waals surface area (Å²) in [7, 11) is 1.57. The predicted molar refractivity (Wildman–Crippen MR) is 103 cm³/mol. The van der Waals surface area contributed by atoms with Gasteiger partial charge in [0.25, 0.3) is 5.91 Å². The number of hydrogen-bond donors (Lipinski definition) is 2. The lowest BCUT2D eigenvalue weighted by Gasteiger charge is -2.09. The molecule has 0 aliphatic heterocycles. The van der Waals surface area contributed by atoms with Gasteiger partial charge >= 0.3 is 0 Å². The van der Waals surface area contributed by atoms with Gasteiger partial charge in [-0.2, -0.15) is 5.10 Å². The summed E-state index contributed by atoms with van der Waals surface area (Å²) in [5, 5.41) is 15.2. The third-order valence-electron chi connectivity index (χ3n) is 4.85. The molecule has 0 bridgehead atoms. The van der Waals surface area contributed by atoms with Crippen molar-refractivity contribution in [2.24, 2.45) is 5.10 Å². The lowest BCUT2D eigenvalue weighted by molar-refractivity contribution is 0.0955. The van der Waals surface area contributed by atoms with Crippen LogP contribution in [0.25, 0.3) is 11.0 Å². The van der Waals surface area contributed by atoms with E-state index >= 15 is 0 Å². The Labute approximate surface area is 156 Å². The van der Waals surface area contributed by atoms with Gasteiger partial charge in [-0.15, -0.1) is 0 Å². The van der Waals surface area contributed by atoms with Crippen molar-refractivity contribution in [3.05, 3.63) is 58.8 Å². The second-order valence-corrected chi connectivity index (χ2v) is 6.51. The van der Waals surface area contributed by atoms with E-state index in [1.165, 1.54) is 6.21 Å². The van der Waals surface area contributed by atoms with E-state index < -0.39 is 0 Å². The molecular formula is C21H20N2O4. The van der Waals surface area contributed by atoms with E-state index in [2.05, 4.69) is 10.5 Å². The number of aryl methyl sites for hydroxylation is 2. The van der Waals surface area contributed by atoms with Gasteiger partial charge in [0.05, 0.1) is 13.3 Å². The van der Waals surface area contributed by atoms with Gasteiger partial charge in [0.1, 0.15) is 22.8 Å². The first kappa shape index (κ1) is 17.1. The van der Waals surface area contributed by atoms with Crippen LogP contribution in [0.5, 0.6) is 11.5 Å². The zero-order chi connectivity index (χ0) is 18.8. The van der Waals surface area contributed by atoms with Gasteiger partial charge in [-0.25, -0.2) is 5.43 Å². The predicted octanol–water partition coefficient (Wildman–Crippen LogP) is 3.79. The number of carbonyl (C=O) groups excluding carboxylic acids is 1. The van der Waals surface area contributed by atoms with E-state index in [0.29, 0.717) is 16.9 Å². The zero-order valence-electron chi connectivity index (χ0n) is 15.0. The molecule has 4 rings (SSSR count). The van der Waals surface area contributed by atoms with Crippen LogP contribution in [0.1, 0.15) is 40.1 Å². The molecule has 0 fully saturated rings. The Morgan fingerprint density at radius 3 is 2.74 bits per heavy atom. The van der Waals surface area contributed by atoms with Crippen LogP contribution in [0.4, 0.5) is 0 Å². The number of benzene rings is 2. The standard InChI is InChI=1S/C21H20N2O4/c1-26-14-8-6-13(7-9-14)21(25)23-22-12-16-17(24)10-11-19-20(16)15-4-2-3-5-18(15)27-19/h6-12,24H,2-5H2,1H3,(H,23,25)/b22-12-. The molecule has 6 heteroatoms. The van der Waals surface area contributed by atoms with Crippen LogP contribution in [-0.2, 0) is 12.8 Å². The third kappa shape index (κ3) is 3.26. The second-order valence-electron chi connectivity index (χ2n) is 6.51. The number of ether oxygens (including phenoxy) is 1. The highest BCUT2D eigenvalue weighted by Crippen LogP contribution is 2.36. The molecule has 2 N–H and O–H groups in total. The minimum Gasteiger partial charge on any atom is -0.507 e. The van der Waals surface area contributed by atoms with Crippen LogP contribution in [-0.4, -0.2) is 24.3 Å². The fourth-order valence-corrected chi connectivity index (χ4v) is 3.47. The molecule has 0 radical (unpaired) electrons. The van der Waals surface area contributed by atoms with Crippen LogP contribution in [0, 0.1) is 0 Å². The molecule has 0 atom stereocenters. The maximum absolute atomic E-state index is 12.2. The van der Waals surface area contributed by atoms with E-state index in [1.807, 2.05) is 0 Å². The molecule has 1 aliphatic rings. The van der Waals surface area contributed by atoms with Gasteiger partial charge < -0.3 is 14.3 Å². The number of furan rings is 1. The fourth-order valence-electron chi connectivity index (χ4n) is 3.47. The van der Waals surface area contributed by atoms with Crippen molar-refractivity contribution in [2.75, 3.05) is 7.11 Å². The second kappa shape index (κ2) is 7.15. The lowest BCUT2D eigenvalue weighted by atomic mass is 9.94. The monoisotopic (exact) mass is 364 g/mol. The summed E-state index contributed by atoms with van der Waals surface area (Å²) in [6.45, 7) is 0. The summed E-state index contributed by atoms with van der Waals surface area (Å²) in [5.41, 5.74) is 5.40. The Bertz CT molecular complexity index is 1020. The van der Waals surface area contributed by atoms with E-state index in [0.717, 1.165) is 48.0 Å². The topological polar surface area (TPSA) is 84.1 Å². The van der Waals surface area contributed by atoms with E-state index in [9.17, 15) is 9.90 Å². The van der Waals surface area contributed by atoms with Crippen LogP contribution < -0.4 is 10.2 Å². The Morgan fingerprint density at radius 2 is 1.96 bits per heavy atom. The molecule has 1 amide bonds. The SMILES string of the molecule is COc1ccc(C(=O)N/N=C\c2c(O)ccc3oc4c(c23)CCCC4)cc1. The van der Waals surface area contributed by atoms with Crippen LogP contribution in [0.15, 0.2) is 45.9 Å². The maximum Gasteiger partial charge on any atom is 0.271 e. The highest BCUT2D eigenvalue weighted by molar-refractivity contribution is 6.03. The molecule has 0 saturated heterocycles. The summed E-state index contributed by atoms with van der Waals surface area (Å²) < 4.78 is 11.0. The molecule has 0 unspecified atom stereocenters. The number of carbonyl (C=O) groups is 1. The number of nitrogens with zero attached hydrogens (tertiary/aromatic N) is 1. The molecular weight excluding hydrogens is 344 g/mol. The molecule has 0 saturated carbocycles. The quantitative estimate of drug-likeness (QED) is 0.545. The first-order valence-electron chi connectivity index (χ1n) is 8.91. The van der Waals surface area contributed by atoms with Crippen molar-refractivity contribution in [3.63, 3.8) is 0 Å². The molecule has 1 aromatic heterocycles. The first-order chi connectivity index (χ1) is 13.2. The van der Waals surface area contributed by atoms with Crippen molar-refractivity contribution in [1.82, 2.24) is 5.43 Å². The van der Waals surface area contributed by atoms with Crippen molar-refractivity contribution in [3.8, 4) is 11.5 Å². The number of hydrazone groups is 1. The van der Waals surface area contributed by atoms with Crippen molar-refractivity contribution >= 4 is 23.1 Å². The fraction of sp³-hybridized carbons (Fsp3) is 0.238. The van der Waals surface area contributed by atoms with Crippen LogP contribution >= 0.6 is 0 Å². The van der Waals surface area contributed by atoms with E-state index in [-0.39, 0.29) is 11.7 Å². The number of methoxy groups -OCH3 is 1. The highest BCUT2D eigenvalue weighted by atomic mass is 16.5. The van der Waals surface area contributed by atoms with Gasteiger partial charge in [-0.3, -0.25) is 4.79 Å². The van der Waals surface area contributed by atoms with E-state index in [4.69, 9.17) is 9.15 Å². The number of phenolic OH excluding ortho intramolecular Hbond substituents is 1. The largest absolute Gasteiger partial charge is 0.507 e.